The minimum atomic E-state index is 0.0550. The number of hydrogen-bond acceptors (Lipinski definition) is 5. The number of aromatic nitrogens is 2. The van der Waals surface area contributed by atoms with Crippen LogP contribution in [0.15, 0.2) is 35.1 Å². The molecule has 1 saturated heterocycles. The molecule has 0 spiro atoms. The second kappa shape index (κ2) is 8.85. The van der Waals surface area contributed by atoms with Gasteiger partial charge in [-0.1, -0.05) is 37.3 Å². The van der Waals surface area contributed by atoms with Gasteiger partial charge in [-0.25, -0.2) is 4.98 Å². The van der Waals surface area contributed by atoms with E-state index >= 15 is 0 Å². The van der Waals surface area contributed by atoms with Gasteiger partial charge in [-0.3, -0.25) is 14.6 Å². The van der Waals surface area contributed by atoms with Gasteiger partial charge in [0.05, 0.1) is 11.4 Å². The Morgan fingerprint density at radius 3 is 2.87 bits per heavy atom. The third kappa shape index (κ3) is 4.34. The molecule has 1 aromatic carbocycles. The summed E-state index contributed by atoms with van der Waals surface area (Å²) in [5.41, 5.74) is 2.69. The molecular formula is C25H32N4OS. The highest BCUT2D eigenvalue weighted by atomic mass is 32.1. The Morgan fingerprint density at radius 1 is 1.19 bits per heavy atom. The normalized spacial score (nSPS) is 21.7. The van der Waals surface area contributed by atoms with Gasteiger partial charge in [-0.15, -0.1) is 11.3 Å². The lowest BCUT2D eigenvalue weighted by atomic mass is 9.89. The smallest absolute Gasteiger partial charge is 0.259 e. The van der Waals surface area contributed by atoms with Gasteiger partial charge in [0, 0.05) is 31.1 Å². The largest absolute Gasteiger partial charge is 0.309 e. The molecule has 31 heavy (non-hydrogen) atoms. The van der Waals surface area contributed by atoms with Crippen LogP contribution < -0.4 is 5.56 Å². The standard InChI is InChI=1S/C25H32N4OS/c1-17-9-10-20-21(15-17)31-25-22(20)24(30)26-23(27-25)18(2)29-12-6-11-28(13-14-29)16-19-7-4-3-5-8-19/h3-5,7-8,17-18H,6,9-16H2,1-2H3,(H,26,27,30). The zero-order valence-corrected chi connectivity index (χ0v) is 19.4. The van der Waals surface area contributed by atoms with Crippen LogP contribution in [0.3, 0.4) is 0 Å². The van der Waals surface area contributed by atoms with Gasteiger partial charge in [-0.2, -0.15) is 0 Å². The van der Waals surface area contributed by atoms with E-state index in [9.17, 15) is 4.79 Å². The molecule has 6 heteroatoms. The van der Waals surface area contributed by atoms with E-state index in [4.69, 9.17) is 4.98 Å². The molecule has 2 aliphatic rings. The third-order valence-corrected chi connectivity index (χ3v) is 8.15. The minimum Gasteiger partial charge on any atom is -0.309 e. The first-order valence-electron chi connectivity index (χ1n) is 11.6. The first kappa shape index (κ1) is 20.9. The summed E-state index contributed by atoms with van der Waals surface area (Å²) in [4.78, 5) is 28.5. The number of fused-ring (bicyclic) bond motifs is 3. The third-order valence-electron chi connectivity index (χ3n) is 7.00. The van der Waals surface area contributed by atoms with Crippen molar-refractivity contribution in [2.24, 2.45) is 5.92 Å². The number of hydrogen-bond donors (Lipinski definition) is 1. The fraction of sp³-hybridized carbons (Fsp3) is 0.520. The highest BCUT2D eigenvalue weighted by Gasteiger charge is 2.26. The summed E-state index contributed by atoms with van der Waals surface area (Å²) in [6, 6.07) is 10.8. The van der Waals surface area contributed by atoms with Crippen LogP contribution in [0.1, 0.15) is 54.6 Å². The predicted molar refractivity (Wildman–Crippen MR) is 128 cm³/mol. The van der Waals surface area contributed by atoms with Crippen molar-refractivity contribution in [2.45, 2.75) is 52.1 Å². The topological polar surface area (TPSA) is 52.2 Å². The summed E-state index contributed by atoms with van der Waals surface area (Å²) in [5.74, 6) is 1.52. The molecule has 1 fully saturated rings. The van der Waals surface area contributed by atoms with Crippen molar-refractivity contribution in [3.8, 4) is 0 Å². The maximum absolute atomic E-state index is 13.0. The molecule has 1 aliphatic heterocycles. The van der Waals surface area contributed by atoms with E-state index in [1.54, 1.807) is 11.3 Å². The maximum atomic E-state index is 13.0. The number of aromatic amines is 1. The van der Waals surface area contributed by atoms with Gasteiger partial charge in [0.2, 0.25) is 0 Å². The number of aryl methyl sites for hydroxylation is 1. The Balaban J connectivity index is 1.33. The van der Waals surface area contributed by atoms with Gasteiger partial charge >= 0.3 is 0 Å². The summed E-state index contributed by atoms with van der Waals surface area (Å²) < 4.78 is 0. The van der Waals surface area contributed by atoms with Crippen LogP contribution in [0.2, 0.25) is 0 Å². The Morgan fingerprint density at radius 2 is 2.03 bits per heavy atom. The Labute approximate surface area is 188 Å². The number of rotatable bonds is 4. The van der Waals surface area contributed by atoms with Crippen LogP contribution >= 0.6 is 11.3 Å². The van der Waals surface area contributed by atoms with Gasteiger partial charge < -0.3 is 4.98 Å². The SMILES string of the molecule is CC1CCc2c(sc3nc(C(C)N4CCCN(Cc5ccccc5)CC4)[nH]c(=O)c23)C1. The summed E-state index contributed by atoms with van der Waals surface area (Å²) in [5, 5.41) is 0.854. The number of benzene rings is 1. The first-order chi connectivity index (χ1) is 15.1. The van der Waals surface area contributed by atoms with E-state index in [2.05, 4.69) is 59.0 Å². The van der Waals surface area contributed by atoms with Crippen LogP contribution in [-0.4, -0.2) is 45.9 Å². The van der Waals surface area contributed by atoms with Gasteiger partial charge in [0.25, 0.3) is 5.56 Å². The average Bonchev–Trinajstić information content (AvgIpc) is 2.97. The Hall–Kier alpha value is -2.02. The molecule has 1 aliphatic carbocycles. The summed E-state index contributed by atoms with van der Waals surface area (Å²) in [6.45, 7) is 9.67. The van der Waals surface area contributed by atoms with Crippen molar-refractivity contribution in [3.63, 3.8) is 0 Å². The van der Waals surface area contributed by atoms with Crippen molar-refractivity contribution in [1.82, 2.24) is 19.8 Å². The number of H-pyrrole nitrogens is 1. The fourth-order valence-corrected chi connectivity index (χ4v) is 6.50. The van der Waals surface area contributed by atoms with Crippen molar-refractivity contribution >= 4 is 21.6 Å². The molecule has 0 bridgehead atoms. The molecule has 3 aromatic rings. The zero-order chi connectivity index (χ0) is 21.4. The summed E-state index contributed by atoms with van der Waals surface area (Å²) in [6.07, 6.45) is 4.40. The molecule has 2 atom stereocenters. The Kier molecular flexibility index (Phi) is 5.95. The lowest BCUT2D eigenvalue weighted by Crippen LogP contribution is -2.33. The molecule has 1 N–H and O–H groups in total. The lowest BCUT2D eigenvalue weighted by molar-refractivity contribution is 0.202. The molecule has 2 aromatic heterocycles. The van der Waals surface area contributed by atoms with Gasteiger partial charge in [0.1, 0.15) is 10.7 Å². The highest BCUT2D eigenvalue weighted by Crippen LogP contribution is 2.36. The van der Waals surface area contributed by atoms with Crippen LogP contribution in [-0.2, 0) is 19.4 Å². The molecule has 0 saturated carbocycles. The molecule has 5 rings (SSSR count). The lowest BCUT2D eigenvalue weighted by Gasteiger charge is -2.27. The molecule has 3 heterocycles. The van der Waals surface area contributed by atoms with E-state index in [0.29, 0.717) is 5.92 Å². The second-order valence-electron chi connectivity index (χ2n) is 9.31. The second-order valence-corrected chi connectivity index (χ2v) is 10.4. The average molecular weight is 437 g/mol. The van der Waals surface area contributed by atoms with Crippen LogP contribution in [0.4, 0.5) is 0 Å². The van der Waals surface area contributed by atoms with Crippen molar-refractivity contribution in [3.05, 3.63) is 62.5 Å². The number of nitrogens with one attached hydrogen (secondary N) is 1. The molecule has 0 radical (unpaired) electrons. The molecule has 0 amide bonds. The fourth-order valence-electron chi connectivity index (χ4n) is 5.11. The zero-order valence-electron chi connectivity index (χ0n) is 18.6. The van der Waals surface area contributed by atoms with Crippen molar-refractivity contribution < 1.29 is 0 Å². The summed E-state index contributed by atoms with van der Waals surface area (Å²) >= 11 is 1.74. The predicted octanol–water partition coefficient (Wildman–Crippen LogP) is 4.38. The van der Waals surface area contributed by atoms with Gasteiger partial charge in [-0.05, 0) is 56.2 Å². The number of thiophene rings is 1. The van der Waals surface area contributed by atoms with E-state index in [-0.39, 0.29) is 11.6 Å². The van der Waals surface area contributed by atoms with Crippen molar-refractivity contribution in [1.29, 1.82) is 0 Å². The molecular weight excluding hydrogens is 404 g/mol. The molecule has 2 unspecified atom stereocenters. The monoisotopic (exact) mass is 436 g/mol. The summed E-state index contributed by atoms with van der Waals surface area (Å²) in [7, 11) is 0. The van der Waals surface area contributed by atoms with E-state index in [1.165, 1.54) is 22.4 Å². The van der Waals surface area contributed by atoms with Crippen LogP contribution in [0.25, 0.3) is 10.2 Å². The quantitative estimate of drug-likeness (QED) is 0.660. The van der Waals surface area contributed by atoms with E-state index < -0.39 is 0 Å². The van der Waals surface area contributed by atoms with Gasteiger partial charge in [0.15, 0.2) is 0 Å². The maximum Gasteiger partial charge on any atom is 0.259 e. The molecule has 164 valence electrons. The molecule has 5 nitrogen and oxygen atoms in total. The van der Waals surface area contributed by atoms with E-state index in [0.717, 1.165) is 68.0 Å². The van der Waals surface area contributed by atoms with E-state index in [1.807, 2.05) is 0 Å². The van der Waals surface area contributed by atoms with Crippen molar-refractivity contribution in [2.75, 3.05) is 26.2 Å². The highest BCUT2D eigenvalue weighted by molar-refractivity contribution is 7.18. The first-order valence-corrected chi connectivity index (χ1v) is 12.4. The Bertz CT molecular complexity index is 1110. The number of nitrogens with zero attached hydrogens (tertiary/aromatic N) is 3. The minimum absolute atomic E-state index is 0.0550. The van der Waals surface area contributed by atoms with Crippen LogP contribution in [0.5, 0.6) is 0 Å². The van der Waals surface area contributed by atoms with Crippen LogP contribution in [0, 0.1) is 5.92 Å².